The van der Waals surface area contributed by atoms with Crippen LogP contribution in [0.1, 0.15) is 12.0 Å². The Bertz CT molecular complexity index is 717. The number of nitrogens with one attached hydrogen (secondary N) is 1. The number of sulfonamides is 1. The maximum Gasteiger partial charge on any atom is 0.215 e. The van der Waals surface area contributed by atoms with Crippen LogP contribution in [0.4, 0.5) is 5.69 Å². The number of anilines is 1. The predicted molar refractivity (Wildman–Crippen MR) is 93.8 cm³/mol. The van der Waals surface area contributed by atoms with E-state index < -0.39 is 10.0 Å². The van der Waals surface area contributed by atoms with E-state index in [-0.39, 0.29) is 5.75 Å². The second-order valence-corrected chi connectivity index (χ2v) is 7.84. The second kappa shape index (κ2) is 7.15. The minimum atomic E-state index is -3.27. The van der Waals surface area contributed by atoms with E-state index in [0.29, 0.717) is 12.5 Å². The van der Waals surface area contributed by atoms with Crippen molar-refractivity contribution in [3.8, 4) is 0 Å². The Kier molecular flexibility index (Phi) is 4.98. The Balaban J connectivity index is 1.51. The van der Waals surface area contributed by atoms with Crippen molar-refractivity contribution >= 4 is 15.7 Å². The van der Waals surface area contributed by atoms with Gasteiger partial charge in [-0.1, -0.05) is 48.5 Å². The molecule has 2 aromatic carbocycles. The van der Waals surface area contributed by atoms with Crippen LogP contribution in [0.5, 0.6) is 0 Å². The minimum absolute atomic E-state index is 0.0446. The van der Waals surface area contributed by atoms with Gasteiger partial charge in [0, 0.05) is 25.3 Å². The summed E-state index contributed by atoms with van der Waals surface area (Å²) in [5.74, 6) is 0.406. The average Bonchev–Trinajstić information content (AvgIpc) is 3.04. The Hall–Kier alpha value is -1.85. The highest BCUT2D eigenvalue weighted by Crippen LogP contribution is 2.23. The first-order valence-electron chi connectivity index (χ1n) is 7.94. The van der Waals surface area contributed by atoms with Crippen LogP contribution in [0.25, 0.3) is 0 Å². The SMILES string of the molecule is O=S(=O)(Cc1ccccc1)NCC1CCN(c2ccccc2)C1. The molecule has 0 saturated carbocycles. The van der Waals surface area contributed by atoms with Gasteiger partial charge in [-0.15, -0.1) is 0 Å². The van der Waals surface area contributed by atoms with Crippen LogP contribution in [0.3, 0.4) is 0 Å². The fourth-order valence-corrected chi connectivity index (χ4v) is 4.19. The summed E-state index contributed by atoms with van der Waals surface area (Å²) in [6.07, 6.45) is 1.02. The molecule has 5 heteroatoms. The average molecular weight is 330 g/mol. The van der Waals surface area contributed by atoms with E-state index in [1.165, 1.54) is 5.69 Å². The van der Waals surface area contributed by atoms with Crippen molar-refractivity contribution in [3.63, 3.8) is 0 Å². The van der Waals surface area contributed by atoms with Gasteiger partial charge < -0.3 is 4.90 Å². The third-order valence-corrected chi connectivity index (χ3v) is 5.52. The molecule has 0 bridgehead atoms. The molecule has 1 heterocycles. The van der Waals surface area contributed by atoms with Crippen molar-refractivity contribution in [1.82, 2.24) is 4.72 Å². The molecule has 1 saturated heterocycles. The summed E-state index contributed by atoms with van der Waals surface area (Å²) in [4.78, 5) is 2.32. The zero-order chi connectivity index (χ0) is 16.1. The van der Waals surface area contributed by atoms with Gasteiger partial charge in [0.15, 0.2) is 0 Å². The largest absolute Gasteiger partial charge is 0.371 e. The highest BCUT2D eigenvalue weighted by Gasteiger charge is 2.24. The molecule has 1 aliphatic rings. The predicted octanol–water partition coefficient (Wildman–Crippen LogP) is 2.63. The van der Waals surface area contributed by atoms with Crippen molar-refractivity contribution < 1.29 is 8.42 Å². The van der Waals surface area contributed by atoms with Gasteiger partial charge in [0.2, 0.25) is 10.0 Å². The zero-order valence-electron chi connectivity index (χ0n) is 13.1. The summed E-state index contributed by atoms with van der Waals surface area (Å²) in [5.41, 5.74) is 2.03. The van der Waals surface area contributed by atoms with Crippen molar-refractivity contribution in [1.29, 1.82) is 0 Å². The number of para-hydroxylation sites is 1. The van der Waals surface area contributed by atoms with E-state index in [1.54, 1.807) is 0 Å². The van der Waals surface area contributed by atoms with Crippen LogP contribution in [0, 0.1) is 5.92 Å². The lowest BCUT2D eigenvalue weighted by Crippen LogP contribution is -2.31. The van der Waals surface area contributed by atoms with E-state index >= 15 is 0 Å². The first kappa shape index (κ1) is 16.0. The summed E-state index contributed by atoms with van der Waals surface area (Å²) in [7, 11) is -3.27. The third kappa shape index (κ3) is 4.56. The molecule has 1 atom stereocenters. The molecular formula is C18H22N2O2S. The first-order valence-corrected chi connectivity index (χ1v) is 9.59. The van der Waals surface area contributed by atoms with Gasteiger partial charge >= 0.3 is 0 Å². The van der Waals surface area contributed by atoms with Gasteiger partial charge in [0.1, 0.15) is 0 Å². The second-order valence-electron chi connectivity index (χ2n) is 6.03. The van der Waals surface area contributed by atoms with Crippen LogP contribution in [0.2, 0.25) is 0 Å². The molecule has 1 fully saturated rings. The number of rotatable bonds is 6. The van der Waals surface area contributed by atoms with Gasteiger partial charge in [-0.2, -0.15) is 0 Å². The van der Waals surface area contributed by atoms with Crippen LogP contribution in [-0.2, 0) is 15.8 Å². The summed E-state index contributed by atoms with van der Waals surface area (Å²) in [6, 6.07) is 19.6. The first-order chi connectivity index (χ1) is 11.1. The lowest BCUT2D eigenvalue weighted by molar-refractivity contribution is 0.541. The molecule has 1 N–H and O–H groups in total. The van der Waals surface area contributed by atoms with Crippen LogP contribution >= 0.6 is 0 Å². The summed E-state index contributed by atoms with van der Waals surface area (Å²) < 4.78 is 27.1. The molecule has 0 aromatic heterocycles. The van der Waals surface area contributed by atoms with E-state index in [0.717, 1.165) is 25.1 Å². The van der Waals surface area contributed by atoms with Crippen LogP contribution in [-0.4, -0.2) is 28.1 Å². The molecule has 23 heavy (non-hydrogen) atoms. The fraction of sp³-hybridized carbons (Fsp3) is 0.333. The summed E-state index contributed by atoms with van der Waals surface area (Å²) in [6.45, 7) is 2.39. The highest BCUT2D eigenvalue weighted by molar-refractivity contribution is 7.88. The number of hydrogen-bond donors (Lipinski definition) is 1. The highest BCUT2D eigenvalue weighted by atomic mass is 32.2. The van der Waals surface area contributed by atoms with Crippen molar-refractivity contribution in [2.75, 3.05) is 24.5 Å². The Morgan fingerprint density at radius 3 is 2.35 bits per heavy atom. The summed E-state index contributed by atoms with van der Waals surface area (Å²) in [5, 5.41) is 0. The van der Waals surface area contributed by atoms with Crippen molar-refractivity contribution in [2.24, 2.45) is 5.92 Å². The van der Waals surface area contributed by atoms with E-state index in [9.17, 15) is 8.42 Å². The number of nitrogens with zero attached hydrogens (tertiary/aromatic N) is 1. The Morgan fingerprint density at radius 2 is 1.65 bits per heavy atom. The van der Waals surface area contributed by atoms with Gasteiger partial charge in [-0.05, 0) is 30.0 Å². The van der Waals surface area contributed by atoms with Gasteiger partial charge in [-0.25, -0.2) is 13.1 Å². The van der Waals surface area contributed by atoms with Gasteiger partial charge in [0.25, 0.3) is 0 Å². The maximum absolute atomic E-state index is 12.2. The smallest absolute Gasteiger partial charge is 0.215 e. The lowest BCUT2D eigenvalue weighted by atomic mass is 10.1. The monoisotopic (exact) mass is 330 g/mol. The van der Waals surface area contributed by atoms with Gasteiger partial charge in [0.05, 0.1) is 5.75 Å². The van der Waals surface area contributed by atoms with E-state index in [2.05, 4.69) is 21.8 Å². The topological polar surface area (TPSA) is 49.4 Å². The maximum atomic E-state index is 12.2. The molecule has 1 unspecified atom stereocenters. The summed E-state index contributed by atoms with van der Waals surface area (Å²) >= 11 is 0. The minimum Gasteiger partial charge on any atom is -0.371 e. The van der Waals surface area contributed by atoms with Crippen molar-refractivity contribution in [3.05, 3.63) is 66.2 Å². The molecular weight excluding hydrogens is 308 g/mol. The Morgan fingerprint density at radius 1 is 1.00 bits per heavy atom. The quantitative estimate of drug-likeness (QED) is 0.886. The standard InChI is InChI=1S/C18H22N2O2S/c21-23(22,15-16-7-3-1-4-8-16)19-13-17-11-12-20(14-17)18-9-5-2-6-10-18/h1-10,17,19H,11-15H2. The van der Waals surface area contributed by atoms with E-state index in [1.807, 2.05) is 48.5 Å². The molecule has 0 spiro atoms. The zero-order valence-corrected chi connectivity index (χ0v) is 13.9. The molecule has 0 radical (unpaired) electrons. The van der Waals surface area contributed by atoms with E-state index in [4.69, 9.17) is 0 Å². The molecule has 0 amide bonds. The molecule has 4 nitrogen and oxygen atoms in total. The lowest BCUT2D eigenvalue weighted by Gasteiger charge is -2.18. The molecule has 0 aliphatic carbocycles. The van der Waals surface area contributed by atoms with Crippen LogP contribution in [0.15, 0.2) is 60.7 Å². The normalized spacial score (nSPS) is 18.3. The molecule has 1 aliphatic heterocycles. The fourth-order valence-electron chi connectivity index (χ4n) is 2.96. The van der Waals surface area contributed by atoms with Gasteiger partial charge in [-0.3, -0.25) is 0 Å². The molecule has 122 valence electrons. The number of hydrogen-bond acceptors (Lipinski definition) is 3. The number of benzene rings is 2. The Labute approximate surface area is 138 Å². The van der Waals surface area contributed by atoms with Crippen LogP contribution < -0.4 is 9.62 Å². The van der Waals surface area contributed by atoms with Crippen molar-refractivity contribution in [2.45, 2.75) is 12.2 Å². The third-order valence-electron chi connectivity index (χ3n) is 4.20. The molecule has 2 aromatic rings. The molecule has 3 rings (SSSR count).